The van der Waals surface area contributed by atoms with Crippen molar-refractivity contribution in [2.24, 2.45) is 0 Å². The minimum atomic E-state index is -1.16. The molecular weight excluding hydrogens is 229 g/mol. The summed E-state index contributed by atoms with van der Waals surface area (Å²) in [7, 11) is 0. The molecule has 0 aliphatic carbocycles. The van der Waals surface area contributed by atoms with Crippen LogP contribution in [0.25, 0.3) is 0 Å². The molecule has 2 aromatic heterocycles. The van der Waals surface area contributed by atoms with Crippen molar-refractivity contribution in [3.05, 3.63) is 42.2 Å². The lowest BCUT2D eigenvalue weighted by molar-refractivity contribution is 0.0694. The quantitative estimate of drug-likeness (QED) is 0.867. The fourth-order valence-electron chi connectivity index (χ4n) is 1.09. The summed E-state index contributed by atoms with van der Waals surface area (Å²) in [6.07, 6.45) is 4.37. The SMILES string of the molecule is O=C(O)c1ccncc1Oc1ncc(F)cn1. The number of aromatic carboxylic acids is 1. The van der Waals surface area contributed by atoms with Crippen molar-refractivity contribution in [3.63, 3.8) is 0 Å². The molecule has 2 aromatic rings. The summed E-state index contributed by atoms with van der Waals surface area (Å²) >= 11 is 0. The van der Waals surface area contributed by atoms with Crippen molar-refractivity contribution in [2.45, 2.75) is 0 Å². The minimum absolute atomic E-state index is 0.00777. The maximum atomic E-state index is 12.5. The molecule has 17 heavy (non-hydrogen) atoms. The fraction of sp³-hybridized carbons (Fsp3) is 0. The van der Waals surface area contributed by atoms with E-state index in [4.69, 9.17) is 9.84 Å². The number of carboxylic acid groups (broad SMARTS) is 1. The van der Waals surface area contributed by atoms with Crippen molar-refractivity contribution in [2.75, 3.05) is 0 Å². The number of ether oxygens (including phenoxy) is 1. The zero-order valence-electron chi connectivity index (χ0n) is 8.37. The van der Waals surface area contributed by atoms with Gasteiger partial charge in [0.15, 0.2) is 11.6 Å². The maximum absolute atomic E-state index is 12.5. The lowest BCUT2D eigenvalue weighted by Gasteiger charge is -2.05. The van der Waals surface area contributed by atoms with Crippen LogP contribution in [0.5, 0.6) is 11.8 Å². The topological polar surface area (TPSA) is 85.2 Å². The van der Waals surface area contributed by atoms with E-state index < -0.39 is 11.8 Å². The smallest absolute Gasteiger partial charge is 0.339 e. The van der Waals surface area contributed by atoms with Gasteiger partial charge in [-0.15, -0.1) is 0 Å². The van der Waals surface area contributed by atoms with Crippen LogP contribution in [-0.2, 0) is 0 Å². The van der Waals surface area contributed by atoms with E-state index in [-0.39, 0.29) is 17.3 Å². The van der Waals surface area contributed by atoms with Crippen molar-refractivity contribution in [1.82, 2.24) is 15.0 Å². The molecule has 0 unspecified atom stereocenters. The van der Waals surface area contributed by atoms with E-state index in [9.17, 15) is 9.18 Å². The molecule has 0 bridgehead atoms. The highest BCUT2D eigenvalue weighted by Gasteiger charge is 2.12. The normalized spacial score (nSPS) is 9.94. The Hall–Kier alpha value is -2.57. The van der Waals surface area contributed by atoms with Crippen molar-refractivity contribution >= 4 is 5.97 Å². The molecule has 2 heterocycles. The zero-order valence-corrected chi connectivity index (χ0v) is 8.37. The Labute approximate surface area is 94.7 Å². The Morgan fingerprint density at radius 3 is 2.65 bits per heavy atom. The summed E-state index contributed by atoms with van der Waals surface area (Å²) in [6.45, 7) is 0. The van der Waals surface area contributed by atoms with E-state index in [0.29, 0.717) is 0 Å². The third-order valence-electron chi connectivity index (χ3n) is 1.81. The molecule has 1 N–H and O–H groups in total. The van der Waals surface area contributed by atoms with E-state index in [1.807, 2.05) is 0 Å². The molecule has 86 valence electrons. The summed E-state index contributed by atoms with van der Waals surface area (Å²) in [5.41, 5.74) is -0.0760. The maximum Gasteiger partial charge on any atom is 0.339 e. The largest absolute Gasteiger partial charge is 0.478 e. The minimum Gasteiger partial charge on any atom is -0.478 e. The summed E-state index contributed by atoms with van der Waals surface area (Å²) in [4.78, 5) is 21.7. The van der Waals surface area contributed by atoms with E-state index >= 15 is 0 Å². The standard InChI is InChI=1S/C10H6FN3O3/c11-6-3-13-10(14-4-6)17-8-5-12-2-1-7(8)9(15)16/h1-5H,(H,15,16). The Balaban J connectivity index is 2.30. The first-order valence-corrected chi connectivity index (χ1v) is 4.49. The van der Waals surface area contributed by atoms with E-state index in [2.05, 4.69) is 15.0 Å². The lowest BCUT2D eigenvalue weighted by atomic mass is 10.2. The predicted octanol–water partition coefficient (Wildman–Crippen LogP) is 1.50. The molecule has 6 nitrogen and oxygen atoms in total. The van der Waals surface area contributed by atoms with Crippen LogP contribution in [0.3, 0.4) is 0 Å². The summed E-state index contributed by atoms with van der Waals surface area (Å²) in [5, 5.41) is 8.88. The second-order valence-electron chi connectivity index (χ2n) is 2.96. The summed E-state index contributed by atoms with van der Waals surface area (Å²) in [6, 6.07) is 1.13. The number of carboxylic acids is 1. The monoisotopic (exact) mass is 235 g/mol. The van der Waals surface area contributed by atoms with Gasteiger partial charge in [0.1, 0.15) is 5.56 Å². The molecule has 7 heteroatoms. The first-order chi connectivity index (χ1) is 8.16. The van der Waals surface area contributed by atoms with Crippen molar-refractivity contribution < 1.29 is 19.0 Å². The van der Waals surface area contributed by atoms with Crippen LogP contribution in [0, 0.1) is 5.82 Å². The van der Waals surface area contributed by atoms with Gasteiger partial charge in [0.2, 0.25) is 0 Å². The molecule has 0 fully saturated rings. The van der Waals surface area contributed by atoms with Crippen molar-refractivity contribution in [3.8, 4) is 11.8 Å². The second-order valence-corrected chi connectivity index (χ2v) is 2.96. The van der Waals surface area contributed by atoms with Gasteiger partial charge in [0.05, 0.1) is 18.6 Å². The third kappa shape index (κ3) is 2.51. The second kappa shape index (κ2) is 4.52. The number of hydrogen-bond donors (Lipinski definition) is 1. The van der Waals surface area contributed by atoms with Gasteiger partial charge < -0.3 is 9.84 Å². The number of pyridine rings is 1. The third-order valence-corrected chi connectivity index (χ3v) is 1.81. The lowest BCUT2D eigenvalue weighted by Crippen LogP contribution is -2.01. The van der Waals surface area contributed by atoms with Crippen LogP contribution in [0.2, 0.25) is 0 Å². The highest BCUT2D eigenvalue weighted by atomic mass is 19.1. The fourth-order valence-corrected chi connectivity index (χ4v) is 1.09. The van der Waals surface area contributed by atoms with Gasteiger partial charge in [-0.3, -0.25) is 4.98 Å². The van der Waals surface area contributed by atoms with Gasteiger partial charge in [-0.05, 0) is 6.07 Å². The van der Waals surface area contributed by atoms with Crippen LogP contribution < -0.4 is 4.74 Å². The van der Waals surface area contributed by atoms with Crippen LogP contribution >= 0.6 is 0 Å². The predicted molar refractivity (Wildman–Crippen MR) is 53.3 cm³/mol. The number of halogens is 1. The van der Waals surface area contributed by atoms with E-state index in [0.717, 1.165) is 12.4 Å². The number of hydrogen-bond acceptors (Lipinski definition) is 5. The molecule has 0 radical (unpaired) electrons. The molecule has 0 spiro atoms. The summed E-state index contributed by atoms with van der Waals surface area (Å²) in [5.74, 6) is -1.78. The Morgan fingerprint density at radius 1 is 1.29 bits per heavy atom. The number of rotatable bonds is 3. The molecule has 0 amide bonds. The first-order valence-electron chi connectivity index (χ1n) is 4.49. The Bertz CT molecular complexity index is 545. The van der Waals surface area contributed by atoms with Gasteiger partial charge in [-0.25, -0.2) is 19.2 Å². The van der Waals surface area contributed by atoms with E-state index in [1.54, 1.807) is 0 Å². The Morgan fingerprint density at radius 2 is 2.00 bits per heavy atom. The van der Waals surface area contributed by atoms with Gasteiger partial charge >= 0.3 is 12.0 Å². The zero-order chi connectivity index (χ0) is 12.3. The summed E-state index contributed by atoms with van der Waals surface area (Å²) < 4.78 is 17.6. The molecule has 0 saturated carbocycles. The highest BCUT2D eigenvalue weighted by Crippen LogP contribution is 2.21. The van der Waals surface area contributed by atoms with Gasteiger partial charge in [-0.1, -0.05) is 0 Å². The van der Waals surface area contributed by atoms with Crippen LogP contribution in [0.4, 0.5) is 4.39 Å². The highest BCUT2D eigenvalue weighted by molar-refractivity contribution is 5.90. The van der Waals surface area contributed by atoms with Crippen molar-refractivity contribution in [1.29, 1.82) is 0 Å². The average molecular weight is 235 g/mol. The van der Waals surface area contributed by atoms with Gasteiger partial charge in [-0.2, -0.15) is 0 Å². The van der Waals surface area contributed by atoms with Gasteiger partial charge in [0, 0.05) is 6.20 Å². The first kappa shape index (κ1) is 10.9. The molecule has 0 aliphatic rings. The molecule has 2 rings (SSSR count). The molecule has 0 atom stereocenters. The van der Waals surface area contributed by atoms with Crippen LogP contribution in [0.15, 0.2) is 30.9 Å². The number of aromatic nitrogens is 3. The van der Waals surface area contributed by atoms with Gasteiger partial charge in [0.25, 0.3) is 0 Å². The van der Waals surface area contributed by atoms with E-state index in [1.165, 1.54) is 18.5 Å². The van der Waals surface area contributed by atoms with Crippen LogP contribution in [-0.4, -0.2) is 26.0 Å². The molecule has 0 aromatic carbocycles. The number of nitrogens with zero attached hydrogens (tertiary/aromatic N) is 3. The molecule has 0 aliphatic heterocycles. The Kier molecular flexibility index (Phi) is 2.91. The number of carbonyl (C=O) groups is 1. The average Bonchev–Trinajstić information content (AvgIpc) is 2.32. The van der Waals surface area contributed by atoms with Crippen LogP contribution in [0.1, 0.15) is 10.4 Å². The molecule has 0 saturated heterocycles. The molecular formula is C10H6FN3O3.